The van der Waals surface area contributed by atoms with Crippen LogP contribution in [0, 0.1) is 5.41 Å². The first kappa shape index (κ1) is 22.0. The lowest BCUT2D eigenvalue weighted by Gasteiger charge is -2.32. The van der Waals surface area contributed by atoms with Gasteiger partial charge in [-0.2, -0.15) is 0 Å². The van der Waals surface area contributed by atoms with Crippen LogP contribution in [-0.4, -0.2) is 43.3 Å². The predicted molar refractivity (Wildman–Crippen MR) is 114 cm³/mol. The van der Waals surface area contributed by atoms with E-state index in [-0.39, 0.29) is 37.0 Å². The van der Waals surface area contributed by atoms with Gasteiger partial charge in [-0.05, 0) is 31.9 Å². The number of benzene rings is 2. The highest BCUT2D eigenvalue weighted by Gasteiger charge is 2.57. The molecule has 0 N–H and O–H groups in total. The molecule has 0 spiro atoms. The van der Waals surface area contributed by atoms with E-state index in [9.17, 15) is 4.79 Å². The van der Waals surface area contributed by atoms with Gasteiger partial charge in [0, 0.05) is 0 Å². The number of esters is 1. The molecule has 2 aliphatic heterocycles. The van der Waals surface area contributed by atoms with Crippen LogP contribution in [0.25, 0.3) is 0 Å². The molecule has 2 aromatic rings. The average Bonchev–Trinajstić information content (AvgIpc) is 3.33. The van der Waals surface area contributed by atoms with Gasteiger partial charge in [0.15, 0.2) is 6.29 Å². The fraction of sp³-hybridized carbons (Fsp3) is 0.480. The smallest absolute Gasteiger partial charge is 0.311 e. The number of fused-ring (bicyclic) bond motifs is 2. The number of hydrogen-bond acceptors (Lipinski definition) is 6. The third kappa shape index (κ3) is 5.33. The molecule has 5 atom stereocenters. The molecule has 0 amide bonds. The van der Waals surface area contributed by atoms with Crippen molar-refractivity contribution in [2.24, 2.45) is 5.41 Å². The minimum Gasteiger partial charge on any atom is -0.462 e. The summed E-state index contributed by atoms with van der Waals surface area (Å²) >= 11 is 0. The molecule has 2 fully saturated rings. The van der Waals surface area contributed by atoms with Gasteiger partial charge in [-0.25, -0.2) is 0 Å². The number of rotatable bonds is 8. The van der Waals surface area contributed by atoms with Gasteiger partial charge in [0.05, 0.1) is 18.6 Å². The Morgan fingerprint density at radius 3 is 1.94 bits per heavy atom. The van der Waals surface area contributed by atoms with E-state index in [1.165, 1.54) is 0 Å². The highest BCUT2D eigenvalue weighted by atomic mass is 16.8. The van der Waals surface area contributed by atoms with Crippen LogP contribution >= 0.6 is 0 Å². The fourth-order valence-electron chi connectivity index (χ4n) is 3.71. The minimum absolute atomic E-state index is 0.133. The van der Waals surface area contributed by atoms with E-state index in [2.05, 4.69) is 0 Å². The highest BCUT2D eigenvalue weighted by molar-refractivity contribution is 5.75. The fourth-order valence-corrected chi connectivity index (χ4v) is 3.71. The molecule has 4 rings (SSSR count). The second-order valence-electron chi connectivity index (χ2n) is 9.01. The van der Waals surface area contributed by atoms with Crippen molar-refractivity contribution in [3.8, 4) is 0 Å². The molecule has 166 valence electrons. The van der Waals surface area contributed by atoms with Crippen molar-refractivity contribution in [2.45, 2.75) is 64.7 Å². The Balaban J connectivity index is 1.41. The third-order valence-electron chi connectivity index (χ3n) is 5.44. The Kier molecular flexibility index (Phi) is 6.72. The Bertz CT molecular complexity index is 847. The molecule has 0 aromatic heterocycles. The van der Waals surface area contributed by atoms with Gasteiger partial charge in [0.2, 0.25) is 0 Å². The van der Waals surface area contributed by atoms with E-state index in [1.807, 2.05) is 81.4 Å². The normalized spacial score (nSPS) is 27.4. The van der Waals surface area contributed by atoms with Gasteiger partial charge >= 0.3 is 5.97 Å². The summed E-state index contributed by atoms with van der Waals surface area (Å²) in [6.07, 6.45) is -1.96. The second kappa shape index (κ2) is 9.49. The first-order valence-corrected chi connectivity index (χ1v) is 10.7. The monoisotopic (exact) mass is 426 g/mol. The van der Waals surface area contributed by atoms with Crippen molar-refractivity contribution in [1.82, 2.24) is 0 Å². The van der Waals surface area contributed by atoms with Gasteiger partial charge in [-0.3, -0.25) is 4.79 Å². The lowest BCUT2D eigenvalue weighted by atomic mass is 9.97. The minimum atomic E-state index is -0.566. The quantitative estimate of drug-likeness (QED) is 0.597. The maximum Gasteiger partial charge on any atom is 0.311 e. The van der Waals surface area contributed by atoms with Gasteiger partial charge in [-0.1, -0.05) is 60.7 Å². The van der Waals surface area contributed by atoms with Crippen LogP contribution < -0.4 is 0 Å². The Morgan fingerprint density at radius 1 is 0.839 bits per heavy atom. The molecule has 2 heterocycles. The zero-order chi connectivity index (χ0) is 21.8. The molecule has 0 radical (unpaired) electrons. The zero-order valence-electron chi connectivity index (χ0n) is 18.2. The van der Waals surface area contributed by atoms with Crippen molar-refractivity contribution in [3.05, 3.63) is 71.8 Å². The van der Waals surface area contributed by atoms with Crippen LogP contribution in [0.3, 0.4) is 0 Å². The zero-order valence-corrected chi connectivity index (χ0v) is 18.2. The van der Waals surface area contributed by atoms with Crippen LogP contribution in [0.15, 0.2) is 60.7 Å². The van der Waals surface area contributed by atoms with E-state index < -0.39 is 11.7 Å². The number of hydrogen-bond donors (Lipinski definition) is 0. The molecular weight excluding hydrogens is 396 g/mol. The topological polar surface area (TPSA) is 63.2 Å². The molecule has 2 bridgehead atoms. The van der Waals surface area contributed by atoms with E-state index in [4.69, 9.17) is 23.7 Å². The van der Waals surface area contributed by atoms with Crippen molar-refractivity contribution >= 4 is 5.97 Å². The summed E-state index contributed by atoms with van der Waals surface area (Å²) in [6, 6.07) is 20.0. The second-order valence-corrected chi connectivity index (χ2v) is 9.01. The standard InChI is InChI=1S/C25H30O6/c1-25(2,3)24(26)29-16-19-20-21(27-14-17-10-6-4-7-11-17)22(23(30-19)31-20)28-15-18-12-8-5-9-13-18/h4-13,19-23H,14-16H2,1-3H3/t19-,20-,21+,22-,23-/m1/s1. The molecule has 31 heavy (non-hydrogen) atoms. The Hall–Kier alpha value is -2.25. The summed E-state index contributed by atoms with van der Waals surface area (Å²) < 4.78 is 29.9. The number of ether oxygens (including phenoxy) is 5. The van der Waals surface area contributed by atoms with Crippen molar-refractivity contribution in [2.75, 3.05) is 6.61 Å². The maximum atomic E-state index is 12.2. The van der Waals surface area contributed by atoms with E-state index in [1.54, 1.807) is 0 Å². The van der Waals surface area contributed by atoms with Crippen LogP contribution in [0.4, 0.5) is 0 Å². The summed E-state index contributed by atoms with van der Waals surface area (Å²) in [4.78, 5) is 12.2. The average molecular weight is 427 g/mol. The number of carbonyl (C=O) groups is 1. The van der Waals surface area contributed by atoms with Gasteiger partial charge in [0.1, 0.15) is 31.0 Å². The molecule has 2 aromatic carbocycles. The van der Waals surface area contributed by atoms with Gasteiger partial charge < -0.3 is 23.7 Å². The van der Waals surface area contributed by atoms with E-state index >= 15 is 0 Å². The summed E-state index contributed by atoms with van der Waals surface area (Å²) in [7, 11) is 0. The predicted octanol–water partition coefficient (Wildman–Crippen LogP) is 3.87. The summed E-state index contributed by atoms with van der Waals surface area (Å²) in [5, 5.41) is 0. The van der Waals surface area contributed by atoms with Crippen LogP contribution in [0.5, 0.6) is 0 Å². The molecule has 0 saturated carbocycles. The molecule has 0 aliphatic carbocycles. The lowest BCUT2D eigenvalue weighted by molar-refractivity contribution is -0.187. The lowest BCUT2D eigenvalue weighted by Crippen LogP contribution is -2.50. The molecule has 2 saturated heterocycles. The molecule has 6 nitrogen and oxygen atoms in total. The van der Waals surface area contributed by atoms with Crippen LogP contribution in [-0.2, 0) is 41.7 Å². The maximum absolute atomic E-state index is 12.2. The van der Waals surface area contributed by atoms with E-state index in [0.29, 0.717) is 13.2 Å². The number of carbonyl (C=O) groups excluding carboxylic acids is 1. The first-order chi connectivity index (χ1) is 14.9. The summed E-state index contributed by atoms with van der Waals surface area (Å²) in [6.45, 7) is 6.49. The Morgan fingerprint density at radius 2 is 1.39 bits per heavy atom. The highest BCUT2D eigenvalue weighted by Crippen LogP contribution is 2.38. The van der Waals surface area contributed by atoms with Crippen LogP contribution in [0.1, 0.15) is 31.9 Å². The summed E-state index contributed by atoms with van der Waals surface area (Å²) in [5.41, 5.74) is 1.58. The third-order valence-corrected chi connectivity index (χ3v) is 5.44. The van der Waals surface area contributed by atoms with Crippen LogP contribution in [0.2, 0.25) is 0 Å². The summed E-state index contributed by atoms with van der Waals surface area (Å²) in [5.74, 6) is -0.266. The molecule has 6 heteroatoms. The van der Waals surface area contributed by atoms with Crippen molar-refractivity contribution in [1.29, 1.82) is 0 Å². The van der Waals surface area contributed by atoms with Gasteiger partial charge in [0.25, 0.3) is 0 Å². The largest absolute Gasteiger partial charge is 0.462 e. The molecular formula is C25H30O6. The van der Waals surface area contributed by atoms with E-state index in [0.717, 1.165) is 11.1 Å². The van der Waals surface area contributed by atoms with Gasteiger partial charge in [-0.15, -0.1) is 0 Å². The Labute approximate surface area is 183 Å². The molecule has 2 aliphatic rings. The SMILES string of the molecule is CC(C)(C)C(=O)OC[C@H]1O[C@@H]2O[C@H]1[C@H](OCc1ccccc1)[C@H]2OCc1ccccc1. The first-order valence-electron chi connectivity index (χ1n) is 10.7. The van der Waals surface area contributed by atoms with Crippen molar-refractivity contribution in [3.63, 3.8) is 0 Å². The molecule has 0 unspecified atom stereocenters. The van der Waals surface area contributed by atoms with Crippen molar-refractivity contribution < 1.29 is 28.5 Å².